The molecule has 0 saturated heterocycles. The first-order valence-electron chi connectivity index (χ1n) is 8.90. The van der Waals surface area contributed by atoms with Crippen LogP contribution in [0.25, 0.3) is 10.8 Å². The second-order valence-electron chi connectivity index (χ2n) is 5.91. The van der Waals surface area contributed by atoms with E-state index in [1.165, 1.54) is 0 Å². The Kier molecular flexibility index (Phi) is 5.74. The third-order valence-corrected chi connectivity index (χ3v) is 4.13. The largest absolute Gasteiger partial charge is 0.492 e. The molecule has 0 saturated carbocycles. The Hall–Kier alpha value is -3.01. The van der Waals surface area contributed by atoms with Gasteiger partial charge in [0.1, 0.15) is 11.5 Å². The Balaban J connectivity index is 1.79. The Labute approximate surface area is 153 Å². The number of ether oxygens (including phenoxy) is 2. The molecular formula is C22H23NO3. The summed E-state index contributed by atoms with van der Waals surface area (Å²) in [6.07, 6.45) is -0.0261. The van der Waals surface area contributed by atoms with E-state index in [0.29, 0.717) is 30.2 Å². The molecule has 0 aliphatic heterocycles. The van der Waals surface area contributed by atoms with E-state index in [4.69, 9.17) is 9.47 Å². The number of nitrogens with one attached hydrogen (secondary N) is 1. The minimum atomic E-state index is -0.588. The molecule has 3 aromatic carbocycles. The fourth-order valence-corrected chi connectivity index (χ4v) is 2.84. The van der Waals surface area contributed by atoms with Gasteiger partial charge >= 0.3 is 0 Å². The highest BCUT2D eigenvalue weighted by Crippen LogP contribution is 2.28. The highest BCUT2D eigenvalue weighted by Gasteiger charge is 2.20. The lowest BCUT2D eigenvalue weighted by Gasteiger charge is -2.19. The predicted molar refractivity (Wildman–Crippen MR) is 105 cm³/mol. The fraction of sp³-hybridized carbons (Fsp3) is 0.227. The van der Waals surface area contributed by atoms with E-state index < -0.39 is 6.10 Å². The molecule has 0 radical (unpaired) electrons. The van der Waals surface area contributed by atoms with Crippen LogP contribution in [0.2, 0.25) is 0 Å². The summed E-state index contributed by atoms with van der Waals surface area (Å²) in [7, 11) is 0. The minimum Gasteiger partial charge on any atom is -0.492 e. The van der Waals surface area contributed by atoms with Gasteiger partial charge in [-0.05, 0) is 36.9 Å². The van der Waals surface area contributed by atoms with Crippen molar-refractivity contribution in [3.8, 4) is 11.5 Å². The van der Waals surface area contributed by atoms with Crippen LogP contribution < -0.4 is 14.8 Å². The summed E-state index contributed by atoms with van der Waals surface area (Å²) in [6.45, 7) is 4.39. The molecule has 4 nitrogen and oxygen atoms in total. The summed E-state index contributed by atoms with van der Waals surface area (Å²) in [6, 6.07) is 21.3. The number of anilines is 1. The average molecular weight is 349 g/mol. The van der Waals surface area contributed by atoms with Crippen molar-refractivity contribution in [2.45, 2.75) is 26.4 Å². The van der Waals surface area contributed by atoms with Gasteiger partial charge in [0, 0.05) is 5.39 Å². The first-order valence-corrected chi connectivity index (χ1v) is 8.90. The van der Waals surface area contributed by atoms with Gasteiger partial charge in [0.15, 0.2) is 6.10 Å². The molecule has 3 rings (SSSR count). The third-order valence-electron chi connectivity index (χ3n) is 4.13. The number of fused-ring (bicyclic) bond motifs is 1. The molecule has 0 aliphatic carbocycles. The summed E-state index contributed by atoms with van der Waals surface area (Å²) in [5.41, 5.74) is 0.652. The van der Waals surface area contributed by atoms with Crippen LogP contribution in [0.4, 0.5) is 5.69 Å². The van der Waals surface area contributed by atoms with Gasteiger partial charge in [0.25, 0.3) is 5.91 Å². The van der Waals surface area contributed by atoms with Gasteiger partial charge in [-0.1, -0.05) is 55.5 Å². The van der Waals surface area contributed by atoms with Gasteiger partial charge in [-0.2, -0.15) is 0 Å². The Morgan fingerprint density at radius 2 is 1.62 bits per heavy atom. The number of carbonyl (C=O) groups excluding carboxylic acids is 1. The van der Waals surface area contributed by atoms with E-state index in [1.54, 1.807) is 0 Å². The molecule has 0 aliphatic rings. The number of carbonyl (C=O) groups is 1. The average Bonchev–Trinajstić information content (AvgIpc) is 2.67. The number of rotatable bonds is 7. The lowest BCUT2D eigenvalue weighted by Crippen LogP contribution is -2.32. The van der Waals surface area contributed by atoms with E-state index in [2.05, 4.69) is 5.32 Å². The second-order valence-corrected chi connectivity index (χ2v) is 5.91. The predicted octanol–water partition coefficient (Wildman–Crippen LogP) is 5.03. The van der Waals surface area contributed by atoms with Gasteiger partial charge in [0.2, 0.25) is 0 Å². The van der Waals surface area contributed by atoms with Crippen LogP contribution in [0.1, 0.15) is 20.3 Å². The molecule has 0 aromatic heterocycles. The van der Waals surface area contributed by atoms with E-state index in [9.17, 15) is 4.79 Å². The van der Waals surface area contributed by atoms with Gasteiger partial charge < -0.3 is 14.8 Å². The van der Waals surface area contributed by atoms with Crippen LogP contribution in [0.3, 0.4) is 0 Å². The molecular weight excluding hydrogens is 326 g/mol. The van der Waals surface area contributed by atoms with Crippen molar-refractivity contribution in [2.75, 3.05) is 11.9 Å². The zero-order valence-corrected chi connectivity index (χ0v) is 15.1. The maximum absolute atomic E-state index is 12.7. The molecule has 1 N–H and O–H groups in total. The van der Waals surface area contributed by atoms with Gasteiger partial charge in [-0.15, -0.1) is 0 Å². The topological polar surface area (TPSA) is 47.6 Å². The molecule has 3 aromatic rings. The molecule has 1 atom stereocenters. The zero-order chi connectivity index (χ0) is 18.4. The lowest BCUT2D eigenvalue weighted by molar-refractivity contribution is -0.122. The first-order chi connectivity index (χ1) is 12.7. The highest BCUT2D eigenvalue weighted by atomic mass is 16.5. The summed E-state index contributed by atoms with van der Waals surface area (Å²) in [5.74, 6) is 1.18. The number of benzene rings is 3. The molecule has 1 amide bonds. The number of hydrogen-bond donors (Lipinski definition) is 1. The van der Waals surface area contributed by atoms with Gasteiger partial charge in [0.05, 0.1) is 12.3 Å². The van der Waals surface area contributed by atoms with Crippen molar-refractivity contribution in [1.82, 2.24) is 0 Å². The van der Waals surface area contributed by atoms with Crippen molar-refractivity contribution >= 4 is 22.4 Å². The molecule has 134 valence electrons. The molecule has 0 heterocycles. The fourth-order valence-electron chi connectivity index (χ4n) is 2.84. The van der Waals surface area contributed by atoms with Crippen molar-refractivity contribution in [1.29, 1.82) is 0 Å². The van der Waals surface area contributed by atoms with Crippen LogP contribution in [0.5, 0.6) is 11.5 Å². The second kappa shape index (κ2) is 8.39. The standard InChI is InChI=1S/C22H23NO3/c1-3-19(22(24)23-18-13-7-8-14-21(18)25-4-2)26-20-15-9-11-16-10-5-6-12-17(16)20/h5-15,19H,3-4H2,1-2H3,(H,23,24)/t19-/m1/s1. The van der Waals surface area contributed by atoms with Crippen LogP contribution in [-0.4, -0.2) is 18.6 Å². The Morgan fingerprint density at radius 3 is 2.42 bits per heavy atom. The van der Waals surface area contributed by atoms with Gasteiger partial charge in [-0.25, -0.2) is 0 Å². The minimum absolute atomic E-state index is 0.187. The summed E-state index contributed by atoms with van der Waals surface area (Å²) in [5, 5.41) is 5.01. The maximum atomic E-state index is 12.7. The van der Waals surface area contributed by atoms with Crippen LogP contribution >= 0.6 is 0 Å². The quantitative estimate of drug-likeness (QED) is 0.650. The third kappa shape index (κ3) is 3.97. The molecule has 4 heteroatoms. The normalized spacial score (nSPS) is 11.8. The highest BCUT2D eigenvalue weighted by molar-refractivity contribution is 5.96. The lowest BCUT2D eigenvalue weighted by atomic mass is 10.1. The van der Waals surface area contributed by atoms with Crippen LogP contribution in [0.15, 0.2) is 66.7 Å². The van der Waals surface area contributed by atoms with Crippen molar-refractivity contribution in [3.63, 3.8) is 0 Å². The Morgan fingerprint density at radius 1 is 0.923 bits per heavy atom. The van der Waals surface area contributed by atoms with E-state index >= 15 is 0 Å². The monoisotopic (exact) mass is 349 g/mol. The zero-order valence-electron chi connectivity index (χ0n) is 15.1. The maximum Gasteiger partial charge on any atom is 0.265 e. The number of amides is 1. The van der Waals surface area contributed by atoms with Crippen LogP contribution in [0, 0.1) is 0 Å². The summed E-state index contributed by atoms with van der Waals surface area (Å²) >= 11 is 0. The van der Waals surface area contributed by atoms with E-state index in [0.717, 1.165) is 10.8 Å². The molecule has 26 heavy (non-hydrogen) atoms. The summed E-state index contributed by atoms with van der Waals surface area (Å²) < 4.78 is 11.6. The van der Waals surface area contributed by atoms with Gasteiger partial charge in [-0.3, -0.25) is 4.79 Å². The van der Waals surface area contributed by atoms with Crippen molar-refractivity contribution < 1.29 is 14.3 Å². The molecule has 0 fully saturated rings. The SMILES string of the molecule is CCOc1ccccc1NC(=O)[C@@H](CC)Oc1cccc2ccccc12. The first kappa shape index (κ1) is 17.8. The number of hydrogen-bond acceptors (Lipinski definition) is 3. The molecule has 0 unspecified atom stereocenters. The van der Waals surface area contributed by atoms with Crippen LogP contribution in [-0.2, 0) is 4.79 Å². The molecule has 0 spiro atoms. The van der Waals surface area contributed by atoms with E-state index in [-0.39, 0.29) is 5.91 Å². The summed E-state index contributed by atoms with van der Waals surface area (Å²) in [4.78, 5) is 12.7. The number of para-hydroxylation sites is 2. The smallest absolute Gasteiger partial charge is 0.265 e. The molecule has 0 bridgehead atoms. The van der Waals surface area contributed by atoms with Crippen molar-refractivity contribution in [3.05, 3.63) is 66.7 Å². The van der Waals surface area contributed by atoms with E-state index in [1.807, 2.05) is 80.6 Å². The Bertz CT molecular complexity index is 886. The van der Waals surface area contributed by atoms with Crippen molar-refractivity contribution in [2.24, 2.45) is 0 Å².